The van der Waals surface area contributed by atoms with Crippen molar-refractivity contribution in [3.8, 4) is 0 Å². The predicted octanol–water partition coefficient (Wildman–Crippen LogP) is 2.29. The molecule has 5 nitrogen and oxygen atoms in total. The van der Waals surface area contributed by atoms with E-state index in [4.69, 9.17) is 5.11 Å². The summed E-state index contributed by atoms with van der Waals surface area (Å²) in [6.07, 6.45) is -0.0491. The van der Waals surface area contributed by atoms with Crippen LogP contribution < -0.4 is 5.32 Å². The van der Waals surface area contributed by atoms with Crippen LogP contribution in [0.1, 0.15) is 31.7 Å². The lowest BCUT2D eigenvalue weighted by atomic mass is 9.94. The first-order chi connectivity index (χ1) is 9.41. The molecule has 0 aliphatic rings. The normalized spacial score (nSPS) is 13.3. The van der Waals surface area contributed by atoms with E-state index in [1.54, 1.807) is 7.05 Å². The molecule has 20 heavy (non-hydrogen) atoms. The molecular formula is C15H22N2O3. The zero-order valence-corrected chi connectivity index (χ0v) is 12.2. The van der Waals surface area contributed by atoms with Gasteiger partial charge in [-0.05, 0) is 12.5 Å². The van der Waals surface area contributed by atoms with Crippen molar-refractivity contribution >= 4 is 12.0 Å². The van der Waals surface area contributed by atoms with Gasteiger partial charge in [0.2, 0.25) is 0 Å². The molecular weight excluding hydrogens is 256 g/mol. The van der Waals surface area contributed by atoms with Crippen LogP contribution in [0.5, 0.6) is 0 Å². The van der Waals surface area contributed by atoms with Gasteiger partial charge in [-0.15, -0.1) is 0 Å². The zero-order valence-electron chi connectivity index (χ0n) is 12.2. The van der Waals surface area contributed by atoms with Crippen molar-refractivity contribution in [2.75, 3.05) is 13.6 Å². The highest BCUT2D eigenvalue weighted by molar-refractivity contribution is 5.75. The van der Waals surface area contributed by atoms with E-state index in [2.05, 4.69) is 12.2 Å². The van der Waals surface area contributed by atoms with Gasteiger partial charge in [0.15, 0.2) is 0 Å². The number of urea groups is 1. The van der Waals surface area contributed by atoms with Crippen LogP contribution in [0.2, 0.25) is 0 Å². The first kappa shape index (κ1) is 16.0. The molecule has 0 saturated carbocycles. The fraction of sp³-hybridized carbons (Fsp3) is 0.467. The van der Waals surface area contributed by atoms with E-state index in [-0.39, 0.29) is 31.0 Å². The Morgan fingerprint density at radius 2 is 1.85 bits per heavy atom. The summed E-state index contributed by atoms with van der Waals surface area (Å²) >= 11 is 0. The molecule has 2 N–H and O–H groups in total. The van der Waals surface area contributed by atoms with Crippen molar-refractivity contribution in [3.05, 3.63) is 35.9 Å². The van der Waals surface area contributed by atoms with Gasteiger partial charge in [-0.1, -0.05) is 37.3 Å². The topological polar surface area (TPSA) is 69.6 Å². The molecule has 0 aliphatic carbocycles. The Hall–Kier alpha value is -2.04. The van der Waals surface area contributed by atoms with Gasteiger partial charge in [0, 0.05) is 25.6 Å². The molecule has 0 radical (unpaired) electrons. The summed E-state index contributed by atoms with van der Waals surface area (Å²) in [7, 11) is 1.60. The molecule has 2 amide bonds. The third kappa shape index (κ3) is 4.91. The van der Waals surface area contributed by atoms with Crippen molar-refractivity contribution in [3.63, 3.8) is 0 Å². The minimum Gasteiger partial charge on any atom is -0.481 e. The maximum absolute atomic E-state index is 11.9. The van der Waals surface area contributed by atoms with Crippen LogP contribution in [0.3, 0.4) is 0 Å². The van der Waals surface area contributed by atoms with Crippen LogP contribution in [-0.2, 0) is 4.79 Å². The van der Waals surface area contributed by atoms with E-state index >= 15 is 0 Å². The molecule has 2 atom stereocenters. The molecule has 0 fully saturated rings. The van der Waals surface area contributed by atoms with Gasteiger partial charge < -0.3 is 15.3 Å². The van der Waals surface area contributed by atoms with Gasteiger partial charge >= 0.3 is 12.0 Å². The highest BCUT2D eigenvalue weighted by Gasteiger charge is 2.18. The van der Waals surface area contributed by atoms with Gasteiger partial charge in [0.25, 0.3) is 0 Å². The zero-order chi connectivity index (χ0) is 15.1. The summed E-state index contributed by atoms with van der Waals surface area (Å²) in [5, 5.41) is 11.5. The standard InChI is InChI=1S/C15H22N2O3/c1-11(13-7-5-4-6-8-13)12(2)16-15(20)17(3)10-9-14(18)19/h4-8,11-12H,9-10H2,1-3H3,(H,16,20)(H,18,19). The Balaban J connectivity index is 2.50. The van der Waals surface area contributed by atoms with Gasteiger partial charge in [-0.25, -0.2) is 4.79 Å². The van der Waals surface area contributed by atoms with Crippen LogP contribution in [0.4, 0.5) is 4.79 Å². The number of carboxylic acid groups (broad SMARTS) is 1. The van der Waals surface area contributed by atoms with Crippen molar-refractivity contribution in [1.82, 2.24) is 10.2 Å². The number of carbonyl (C=O) groups excluding carboxylic acids is 1. The first-order valence-corrected chi connectivity index (χ1v) is 6.70. The number of nitrogens with zero attached hydrogens (tertiary/aromatic N) is 1. The Morgan fingerprint density at radius 1 is 1.25 bits per heavy atom. The highest BCUT2D eigenvalue weighted by atomic mass is 16.4. The Morgan fingerprint density at radius 3 is 2.40 bits per heavy atom. The number of hydrogen-bond donors (Lipinski definition) is 2. The summed E-state index contributed by atoms with van der Waals surface area (Å²) in [6, 6.07) is 9.68. The molecule has 110 valence electrons. The van der Waals surface area contributed by atoms with Crippen molar-refractivity contribution in [2.24, 2.45) is 0 Å². The monoisotopic (exact) mass is 278 g/mol. The third-order valence-electron chi connectivity index (χ3n) is 3.43. The van der Waals surface area contributed by atoms with Crippen molar-refractivity contribution < 1.29 is 14.7 Å². The lowest BCUT2D eigenvalue weighted by Crippen LogP contribution is -2.44. The second kappa shape index (κ2) is 7.53. The molecule has 1 aromatic carbocycles. The highest BCUT2D eigenvalue weighted by Crippen LogP contribution is 2.18. The number of carbonyl (C=O) groups is 2. The maximum atomic E-state index is 11.9. The predicted molar refractivity (Wildman–Crippen MR) is 77.7 cm³/mol. The molecule has 1 rings (SSSR count). The minimum atomic E-state index is -0.907. The van der Waals surface area contributed by atoms with Crippen molar-refractivity contribution in [2.45, 2.75) is 32.2 Å². The molecule has 0 bridgehead atoms. The maximum Gasteiger partial charge on any atom is 0.317 e. The summed E-state index contributed by atoms with van der Waals surface area (Å²) in [5.41, 5.74) is 1.16. The smallest absolute Gasteiger partial charge is 0.317 e. The molecule has 0 spiro atoms. The van der Waals surface area contributed by atoms with Crippen LogP contribution >= 0.6 is 0 Å². The fourth-order valence-electron chi connectivity index (χ4n) is 1.84. The van der Waals surface area contributed by atoms with Crippen LogP contribution in [0.15, 0.2) is 30.3 Å². The van der Waals surface area contributed by atoms with Gasteiger partial charge in [0.05, 0.1) is 6.42 Å². The number of amides is 2. The minimum absolute atomic E-state index is 0.0304. The second-order valence-electron chi connectivity index (χ2n) is 5.00. The molecule has 0 aliphatic heterocycles. The second-order valence-corrected chi connectivity index (χ2v) is 5.00. The van der Waals surface area contributed by atoms with Crippen LogP contribution in [0.25, 0.3) is 0 Å². The van der Waals surface area contributed by atoms with E-state index < -0.39 is 5.97 Å². The van der Waals surface area contributed by atoms with E-state index in [0.29, 0.717) is 0 Å². The quantitative estimate of drug-likeness (QED) is 0.838. The Labute approximate surface area is 119 Å². The van der Waals surface area contributed by atoms with Gasteiger partial charge in [-0.2, -0.15) is 0 Å². The summed E-state index contributed by atoms with van der Waals surface area (Å²) < 4.78 is 0. The van der Waals surface area contributed by atoms with E-state index in [1.807, 2.05) is 37.3 Å². The number of rotatable bonds is 6. The molecule has 0 aromatic heterocycles. The van der Waals surface area contributed by atoms with Crippen LogP contribution in [0, 0.1) is 0 Å². The molecule has 0 heterocycles. The summed E-state index contributed by atoms with van der Waals surface area (Å²) in [5.74, 6) is -0.719. The van der Waals surface area contributed by atoms with Gasteiger partial charge in [-0.3, -0.25) is 4.79 Å². The number of aliphatic carboxylic acids is 1. The Bertz CT molecular complexity index is 448. The average molecular weight is 278 g/mol. The Kier molecular flexibility index (Phi) is 6.03. The molecule has 0 saturated heterocycles. The van der Waals surface area contributed by atoms with E-state index in [0.717, 1.165) is 5.56 Å². The number of nitrogens with one attached hydrogen (secondary N) is 1. The summed E-state index contributed by atoms with van der Waals surface area (Å²) in [4.78, 5) is 23.8. The lowest BCUT2D eigenvalue weighted by molar-refractivity contribution is -0.137. The molecule has 2 unspecified atom stereocenters. The largest absolute Gasteiger partial charge is 0.481 e. The van der Waals surface area contributed by atoms with Crippen LogP contribution in [-0.4, -0.2) is 41.6 Å². The SMILES string of the molecule is CC(NC(=O)N(C)CCC(=O)O)C(C)c1ccccc1. The average Bonchev–Trinajstić information content (AvgIpc) is 2.44. The third-order valence-corrected chi connectivity index (χ3v) is 3.43. The summed E-state index contributed by atoms with van der Waals surface area (Å²) in [6.45, 7) is 4.20. The van der Waals surface area contributed by atoms with E-state index in [9.17, 15) is 9.59 Å². The van der Waals surface area contributed by atoms with Gasteiger partial charge in [0.1, 0.15) is 0 Å². The molecule has 5 heteroatoms. The van der Waals surface area contributed by atoms with E-state index in [1.165, 1.54) is 4.90 Å². The number of hydrogen-bond acceptors (Lipinski definition) is 2. The number of benzene rings is 1. The number of carboxylic acids is 1. The first-order valence-electron chi connectivity index (χ1n) is 6.70. The van der Waals surface area contributed by atoms with Crippen molar-refractivity contribution in [1.29, 1.82) is 0 Å². The molecule has 1 aromatic rings. The lowest BCUT2D eigenvalue weighted by Gasteiger charge is -2.25. The fourth-order valence-corrected chi connectivity index (χ4v) is 1.84.